The molecule has 2 atom stereocenters. The number of carbonyl (C=O) groups excluding carboxylic acids is 3. The average molecular weight is 871 g/mol. The van der Waals surface area contributed by atoms with Crippen LogP contribution in [0, 0.1) is 6.92 Å². The van der Waals surface area contributed by atoms with E-state index in [0.29, 0.717) is 22.3 Å². The summed E-state index contributed by atoms with van der Waals surface area (Å²) in [5.41, 5.74) is 2.57. The van der Waals surface area contributed by atoms with E-state index in [1.54, 1.807) is 37.5 Å². The predicted molar refractivity (Wildman–Crippen MR) is 240 cm³/mol. The fourth-order valence-corrected chi connectivity index (χ4v) is 10.4. The molecule has 0 aliphatic carbocycles. The second-order valence-corrected chi connectivity index (χ2v) is 18.5. The number of aromatic nitrogens is 3. The summed E-state index contributed by atoms with van der Waals surface area (Å²) in [6.45, 7) is 7.85. The van der Waals surface area contributed by atoms with Crippen molar-refractivity contribution in [3.05, 3.63) is 165 Å². The normalized spacial score (nSPS) is 17.0. The first-order valence-corrected chi connectivity index (χ1v) is 22.3. The molecule has 0 saturated carbocycles. The van der Waals surface area contributed by atoms with Gasteiger partial charge in [-0.15, -0.1) is 23.1 Å². The monoisotopic (exact) mass is 870 g/mol. The molecule has 2 aliphatic rings. The number of thioether (sulfide) groups is 1. The second kappa shape index (κ2) is 17.4. The Hall–Kier alpha value is -6.16. The molecule has 61 heavy (non-hydrogen) atoms. The summed E-state index contributed by atoms with van der Waals surface area (Å²) in [4.78, 5) is 59.6. The van der Waals surface area contributed by atoms with Gasteiger partial charge in [0, 0.05) is 22.1 Å². The number of ether oxygens (including phenoxy) is 1. The number of allylic oxidation sites excluding steroid dienone is 2. The average Bonchev–Trinajstić information content (AvgIpc) is 3.89. The number of β-lactam (4-membered cyclic amide) rings is 1. The van der Waals surface area contributed by atoms with E-state index in [1.807, 2.05) is 92.0 Å². The first-order valence-electron chi connectivity index (χ1n) is 19.6. The van der Waals surface area contributed by atoms with E-state index in [4.69, 9.17) is 14.6 Å². The molecule has 8 rings (SSSR count). The molecule has 2 unspecified atom stereocenters. The zero-order valence-corrected chi connectivity index (χ0v) is 36.6. The van der Waals surface area contributed by atoms with Crippen LogP contribution in [-0.4, -0.2) is 68.9 Å². The molecule has 2 N–H and O–H groups in total. The molecule has 15 heteroatoms. The van der Waals surface area contributed by atoms with Crippen LogP contribution in [-0.2, 0) is 36.0 Å². The number of esters is 1. The van der Waals surface area contributed by atoms with Crippen LogP contribution < -0.4 is 15.2 Å². The quantitative estimate of drug-likeness (QED) is 0.0305. The molecule has 1 fully saturated rings. The highest BCUT2D eigenvalue weighted by Gasteiger charge is 2.54. The summed E-state index contributed by atoms with van der Waals surface area (Å²) < 4.78 is 7.90. The fraction of sp³-hybridized carbons (Fsp3) is 0.239. The van der Waals surface area contributed by atoms with Crippen molar-refractivity contribution in [1.29, 1.82) is 0 Å². The molecule has 5 heterocycles. The number of hydrogen-bond donors (Lipinski definition) is 2. The third kappa shape index (κ3) is 8.45. The Labute approximate surface area is 366 Å². The maximum Gasteiger partial charge on any atom is 0.356 e. The van der Waals surface area contributed by atoms with Crippen LogP contribution in [0.4, 0.5) is 5.13 Å². The number of nitrogens with zero attached hydrogens (tertiary/aromatic N) is 5. The van der Waals surface area contributed by atoms with E-state index >= 15 is 0 Å². The Kier molecular flexibility index (Phi) is 11.9. The van der Waals surface area contributed by atoms with Crippen LogP contribution in [0.3, 0.4) is 0 Å². The molecule has 3 aromatic heterocycles. The molecule has 12 nitrogen and oxygen atoms in total. The Morgan fingerprint density at radius 2 is 1.57 bits per heavy atom. The van der Waals surface area contributed by atoms with Gasteiger partial charge in [-0.3, -0.25) is 14.5 Å². The summed E-state index contributed by atoms with van der Waals surface area (Å²) in [7, 11) is 1.35. The lowest BCUT2D eigenvalue weighted by Gasteiger charge is -2.50. The lowest BCUT2D eigenvalue weighted by molar-refractivity contribution is -0.659. The zero-order valence-electron chi connectivity index (χ0n) is 34.2. The maximum absolute atomic E-state index is 14.1. The van der Waals surface area contributed by atoms with E-state index in [-0.39, 0.29) is 17.1 Å². The lowest BCUT2D eigenvalue weighted by Crippen LogP contribution is -2.73. The number of pyridine rings is 1. The Morgan fingerprint density at radius 1 is 0.934 bits per heavy atom. The highest BCUT2D eigenvalue weighted by molar-refractivity contribution is 8.03. The minimum absolute atomic E-state index is 0.0959. The highest BCUT2D eigenvalue weighted by atomic mass is 32.2. The van der Waals surface area contributed by atoms with E-state index in [9.17, 15) is 14.4 Å². The topological polar surface area (TPSA) is 139 Å². The van der Waals surface area contributed by atoms with Gasteiger partial charge >= 0.3 is 5.97 Å². The third-order valence-corrected chi connectivity index (χ3v) is 13.1. The number of aryl methyl sites for hydroxylation is 1. The largest absolute Gasteiger partial charge is 0.455 e. The van der Waals surface area contributed by atoms with Gasteiger partial charge in [-0.1, -0.05) is 107 Å². The molecule has 6 aromatic rings. The van der Waals surface area contributed by atoms with Gasteiger partial charge in [0.1, 0.15) is 41.2 Å². The second-order valence-electron chi connectivity index (χ2n) is 15.4. The summed E-state index contributed by atoms with van der Waals surface area (Å²) in [6.07, 6.45) is 5.80. The van der Waals surface area contributed by atoms with Crippen molar-refractivity contribution in [2.75, 3.05) is 18.2 Å². The highest BCUT2D eigenvalue weighted by Crippen LogP contribution is 2.42. The predicted octanol–water partition coefficient (Wildman–Crippen LogP) is 7.36. The Morgan fingerprint density at radius 3 is 2.18 bits per heavy atom. The van der Waals surface area contributed by atoms with Crippen molar-refractivity contribution in [2.24, 2.45) is 5.16 Å². The molecule has 2 amide bonds. The minimum Gasteiger partial charge on any atom is -0.455 e. The number of hydrogen-bond acceptors (Lipinski definition) is 12. The van der Waals surface area contributed by atoms with Crippen LogP contribution in [0.15, 0.2) is 143 Å². The number of fused-ring (bicyclic) bond motifs is 2. The number of nitrogens with one attached hydrogen (secondary N) is 2. The first-order chi connectivity index (χ1) is 29.5. The van der Waals surface area contributed by atoms with Gasteiger partial charge in [0.2, 0.25) is 0 Å². The summed E-state index contributed by atoms with van der Waals surface area (Å²) in [5.74, 6) is -1.25. The van der Waals surface area contributed by atoms with Crippen molar-refractivity contribution in [3.8, 4) is 0 Å². The Bertz CT molecular complexity index is 2580. The Balaban J connectivity index is 1.04. The van der Waals surface area contributed by atoms with Gasteiger partial charge in [-0.25, -0.2) is 14.8 Å². The van der Waals surface area contributed by atoms with E-state index in [2.05, 4.69) is 61.7 Å². The molecule has 0 spiro atoms. The van der Waals surface area contributed by atoms with Gasteiger partial charge in [-0.2, -0.15) is 4.57 Å². The molecule has 3 aromatic carbocycles. The minimum atomic E-state index is -0.925. The van der Waals surface area contributed by atoms with Crippen LogP contribution in [0.1, 0.15) is 48.2 Å². The van der Waals surface area contributed by atoms with Gasteiger partial charge in [0.25, 0.3) is 16.6 Å². The molecule has 0 bridgehead atoms. The van der Waals surface area contributed by atoms with Crippen molar-refractivity contribution < 1.29 is 28.5 Å². The molecule has 0 radical (unpaired) electrons. The molecular weight excluding hydrogens is 827 g/mol. The summed E-state index contributed by atoms with van der Waals surface area (Å²) in [5, 5.41) is 13.9. The van der Waals surface area contributed by atoms with Crippen molar-refractivity contribution >= 4 is 73.4 Å². The third-order valence-electron chi connectivity index (χ3n) is 10.1. The summed E-state index contributed by atoms with van der Waals surface area (Å²) >= 11 is 4.37. The van der Waals surface area contributed by atoms with Gasteiger partial charge in [-0.05, 0) is 62.6 Å². The molecule has 310 valence electrons. The number of anilines is 1. The number of amides is 2. The van der Waals surface area contributed by atoms with Crippen LogP contribution >= 0.6 is 34.4 Å². The lowest BCUT2D eigenvalue weighted by atomic mass is 9.77. The number of benzene rings is 3. The van der Waals surface area contributed by atoms with E-state index in [0.717, 1.165) is 32.0 Å². The fourth-order valence-electron chi connectivity index (χ4n) is 7.52. The smallest absolute Gasteiger partial charge is 0.356 e. The number of rotatable bonds is 13. The number of thiazole rings is 2. The molecule has 1 saturated heterocycles. The van der Waals surface area contributed by atoms with Crippen molar-refractivity contribution in [1.82, 2.24) is 20.2 Å². The maximum atomic E-state index is 14.1. The van der Waals surface area contributed by atoms with E-state index < -0.39 is 41.0 Å². The van der Waals surface area contributed by atoms with Crippen molar-refractivity contribution in [2.45, 2.75) is 57.5 Å². The van der Waals surface area contributed by atoms with E-state index in [1.165, 1.54) is 35.1 Å². The number of oxime groups is 1. The molecule has 2 aliphatic heterocycles. The van der Waals surface area contributed by atoms with Crippen LogP contribution in [0.5, 0.6) is 0 Å². The van der Waals surface area contributed by atoms with Crippen molar-refractivity contribution in [3.63, 3.8) is 0 Å². The first kappa shape index (κ1) is 41.6. The van der Waals surface area contributed by atoms with Gasteiger partial charge in [0.15, 0.2) is 23.6 Å². The zero-order chi connectivity index (χ0) is 42.7. The SMILES string of the molecule is CON=C(C(=O)NC1C(=O)N2C(C(=O)OC(C)(C)C)=C(C=CC[n+]3cccc4nc(C)sc43)SCC12)c1csc(NC(c2ccccc2)(c2ccccc2)c2ccccc2)n1. The van der Waals surface area contributed by atoms with Gasteiger partial charge < -0.3 is 20.2 Å². The van der Waals surface area contributed by atoms with Gasteiger partial charge in [0.05, 0.1) is 11.0 Å². The summed E-state index contributed by atoms with van der Waals surface area (Å²) in [6, 6.07) is 32.9. The number of carbonyl (C=O) groups is 3. The molecular formula is C46H44N7O5S3+. The standard InChI is InChI=1S/C46H43N7O5S3/c1-29-47-33-23-15-25-52(42(33)61-29)26-16-24-36-39(43(56)58-45(2,3)4)53-35(28-59-36)38(41(53)55)49-40(54)37(51-57-5)34-27-60-44(48-34)50-46(30-17-9-6-10-18-30,31-19-11-7-12-20-31)32-21-13-8-14-22-32/h6-25,27,35,38H,26,28H2,1-5H3,(H-,48,49,50,54)/p+1. The van der Waals surface area contributed by atoms with Crippen LogP contribution in [0.25, 0.3) is 10.3 Å². The van der Waals surface area contributed by atoms with Crippen LogP contribution in [0.2, 0.25) is 0 Å².